The quantitative estimate of drug-likeness (QED) is 0.119. The molecular formula is C40H48N2O4. The van der Waals surface area contributed by atoms with Crippen molar-refractivity contribution in [2.24, 2.45) is 5.92 Å². The normalized spacial score (nSPS) is 26.0. The Labute approximate surface area is 274 Å². The fourth-order valence-corrected chi connectivity index (χ4v) is 9.47. The largest absolute Gasteiger partial charge is 0.508 e. The maximum atomic E-state index is 13.8. The van der Waals surface area contributed by atoms with Gasteiger partial charge in [-0.15, -0.1) is 6.58 Å². The first-order chi connectivity index (χ1) is 22.5. The van der Waals surface area contributed by atoms with Crippen LogP contribution in [0.1, 0.15) is 72.0 Å². The van der Waals surface area contributed by atoms with E-state index in [2.05, 4.69) is 46.7 Å². The summed E-state index contributed by atoms with van der Waals surface area (Å²) in [4.78, 5) is 18.8. The summed E-state index contributed by atoms with van der Waals surface area (Å²) in [7, 11) is 1.66. The van der Waals surface area contributed by atoms with Crippen molar-refractivity contribution in [1.82, 2.24) is 9.80 Å². The van der Waals surface area contributed by atoms with Crippen molar-refractivity contribution in [2.75, 3.05) is 33.3 Å². The first-order valence-electron chi connectivity index (χ1n) is 17.4. The van der Waals surface area contributed by atoms with Gasteiger partial charge in [-0.1, -0.05) is 79.6 Å². The maximum Gasteiger partial charge on any atom is 0.176 e. The highest BCUT2D eigenvalue weighted by Crippen LogP contribution is 2.65. The Morgan fingerprint density at radius 1 is 1.09 bits per heavy atom. The number of aromatic hydroxyl groups is 1. The molecule has 2 heterocycles. The van der Waals surface area contributed by atoms with Crippen LogP contribution in [0.2, 0.25) is 0 Å². The number of unbranched alkanes of at least 4 members (excludes halogenated alkanes) is 3. The Kier molecular flexibility index (Phi) is 8.93. The van der Waals surface area contributed by atoms with E-state index in [0.717, 1.165) is 81.5 Å². The molecule has 2 aliphatic carbocycles. The number of hydrogen-bond donors (Lipinski definition) is 1. The fraction of sp³-hybridized carbons (Fsp3) is 0.475. The third-order valence-electron chi connectivity index (χ3n) is 11.5. The van der Waals surface area contributed by atoms with E-state index >= 15 is 0 Å². The smallest absolute Gasteiger partial charge is 0.176 e. The molecule has 0 aromatic heterocycles. The molecule has 3 aromatic rings. The van der Waals surface area contributed by atoms with Gasteiger partial charge in [-0.2, -0.15) is 0 Å². The fourth-order valence-electron chi connectivity index (χ4n) is 9.47. The van der Waals surface area contributed by atoms with Crippen molar-refractivity contribution in [3.63, 3.8) is 0 Å². The molecule has 3 aromatic carbocycles. The Morgan fingerprint density at radius 2 is 1.85 bits per heavy atom. The first-order valence-corrected chi connectivity index (χ1v) is 17.4. The van der Waals surface area contributed by atoms with Gasteiger partial charge in [0.05, 0.1) is 13.7 Å². The highest BCUT2D eigenvalue weighted by Gasteiger charge is 2.66. The van der Waals surface area contributed by atoms with Crippen LogP contribution in [0.15, 0.2) is 79.4 Å². The van der Waals surface area contributed by atoms with Gasteiger partial charge in [0.25, 0.3) is 0 Å². The third-order valence-corrected chi connectivity index (χ3v) is 11.5. The van der Waals surface area contributed by atoms with Crippen LogP contribution in [0.4, 0.5) is 0 Å². The van der Waals surface area contributed by atoms with Crippen LogP contribution in [0, 0.1) is 5.92 Å². The number of carbonyl (C=O) groups is 1. The molecule has 1 saturated heterocycles. The van der Waals surface area contributed by atoms with Gasteiger partial charge in [-0.25, -0.2) is 0 Å². The Hall–Kier alpha value is -3.61. The van der Waals surface area contributed by atoms with E-state index in [9.17, 15) is 9.90 Å². The highest BCUT2D eigenvalue weighted by atomic mass is 16.5. The number of rotatable bonds is 14. The predicted molar refractivity (Wildman–Crippen MR) is 182 cm³/mol. The summed E-state index contributed by atoms with van der Waals surface area (Å²) in [5.74, 6) is 2.35. The zero-order valence-corrected chi connectivity index (χ0v) is 27.2. The number of ketones is 1. The monoisotopic (exact) mass is 620 g/mol. The lowest BCUT2D eigenvalue weighted by Gasteiger charge is -2.60. The second-order valence-corrected chi connectivity index (χ2v) is 13.8. The number of phenolic OH excluding ortho intramolecular Hbond substituents is 1. The zero-order valence-electron chi connectivity index (χ0n) is 27.2. The summed E-state index contributed by atoms with van der Waals surface area (Å²) >= 11 is 0. The summed E-state index contributed by atoms with van der Waals surface area (Å²) in [6, 6.07) is 22.6. The number of ether oxygens (including phenoxy) is 2. The number of carbonyl (C=O) groups excluding carboxylic acids is 1. The van der Waals surface area contributed by atoms with Gasteiger partial charge in [-0.05, 0) is 69.5 Å². The van der Waals surface area contributed by atoms with E-state index in [-0.39, 0.29) is 23.3 Å². The Balaban J connectivity index is 1.17. The highest BCUT2D eigenvalue weighted by molar-refractivity contribution is 5.97. The molecule has 2 aliphatic heterocycles. The van der Waals surface area contributed by atoms with Gasteiger partial charge in [0.15, 0.2) is 17.3 Å². The molecule has 5 atom stereocenters. The minimum absolute atomic E-state index is 0.0916. The molecule has 0 unspecified atom stereocenters. The molecule has 4 aliphatic rings. The molecule has 1 saturated carbocycles. The molecule has 7 rings (SSSR count). The van der Waals surface area contributed by atoms with E-state index < -0.39 is 0 Å². The van der Waals surface area contributed by atoms with Crippen molar-refractivity contribution in [3.8, 4) is 17.2 Å². The second-order valence-electron chi connectivity index (χ2n) is 13.8. The standard InChI is InChI=1S/C40H48N2O4/c1-3-22-41-24-21-40-31-19-20-32(39(40)46-38-36(45-2)26-34(43)30(37(38)40)25-33(31)41)42(27-35(44)29-17-11-7-12-18-29)23-13-5-4-8-14-28-15-9-6-10-16-28/h3,6-7,9-12,15-18,26,31-33,39,43H,1,4-5,8,13-14,19-25,27H2,2H3/t31-,32+,33+,39-,40-/m0/s1. The number of methoxy groups -OCH3 is 1. The molecule has 2 bridgehead atoms. The Morgan fingerprint density at radius 3 is 2.61 bits per heavy atom. The molecular weight excluding hydrogens is 572 g/mol. The van der Waals surface area contributed by atoms with E-state index in [1.165, 1.54) is 24.0 Å². The van der Waals surface area contributed by atoms with Crippen LogP contribution >= 0.6 is 0 Å². The van der Waals surface area contributed by atoms with Crippen LogP contribution in [0.5, 0.6) is 17.2 Å². The number of nitrogens with zero attached hydrogens (tertiary/aromatic N) is 2. The second kappa shape index (κ2) is 13.2. The SMILES string of the molecule is C=CCN1CC[C@]23c4c5c(O)cc(OC)c4O[C@H]2[C@H](N(CCCCCCc2ccccc2)CC(=O)c2ccccc2)CC[C@H]3[C@H]1C5. The molecule has 1 spiro atoms. The number of Topliss-reactive ketones (excluding diaryl/α,β-unsaturated/α-hetero) is 1. The summed E-state index contributed by atoms with van der Waals surface area (Å²) in [5, 5.41) is 11.3. The van der Waals surface area contributed by atoms with Crippen LogP contribution in [0.3, 0.4) is 0 Å². The molecule has 1 N–H and O–H groups in total. The van der Waals surface area contributed by atoms with Crippen LogP contribution in [-0.4, -0.2) is 72.2 Å². The minimum Gasteiger partial charge on any atom is -0.508 e. The third kappa shape index (κ3) is 5.43. The van der Waals surface area contributed by atoms with Gasteiger partial charge in [0.1, 0.15) is 11.9 Å². The molecule has 0 radical (unpaired) electrons. The summed E-state index contributed by atoms with van der Waals surface area (Å²) < 4.78 is 12.9. The minimum atomic E-state index is -0.204. The first kappa shape index (κ1) is 31.0. The van der Waals surface area contributed by atoms with Crippen molar-refractivity contribution in [1.29, 1.82) is 0 Å². The maximum absolute atomic E-state index is 13.8. The van der Waals surface area contributed by atoms with Gasteiger partial charge < -0.3 is 14.6 Å². The van der Waals surface area contributed by atoms with Crippen molar-refractivity contribution >= 4 is 5.78 Å². The average Bonchev–Trinajstić information content (AvgIpc) is 3.43. The lowest BCUT2D eigenvalue weighted by atomic mass is 9.50. The van der Waals surface area contributed by atoms with Crippen molar-refractivity contribution in [3.05, 3.63) is 102 Å². The zero-order chi connectivity index (χ0) is 31.7. The van der Waals surface area contributed by atoms with E-state index in [1.54, 1.807) is 13.2 Å². The summed E-state index contributed by atoms with van der Waals surface area (Å²) in [6.07, 6.45) is 11.4. The van der Waals surface area contributed by atoms with E-state index in [0.29, 0.717) is 30.0 Å². The molecule has 6 nitrogen and oxygen atoms in total. The summed E-state index contributed by atoms with van der Waals surface area (Å²) in [6.45, 7) is 7.13. The number of phenols is 1. The number of piperidine rings is 1. The molecule has 2 fully saturated rings. The molecule has 46 heavy (non-hydrogen) atoms. The number of likely N-dealkylation sites (tertiary alicyclic amines) is 1. The lowest BCUT2D eigenvalue weighted by Crippen LogP contribution is -2.69. The van der Waals surface area contributed by atoms with Crippen LogP contribution < -0.4 is 9.47 Å². The molecule has 0 amide bonds. The van der Waals surface area contributed by atoms with E-state index in [1.807, 2.05) is 36.4 Å². The van der Waals surface area contributed by atoms with Gasteiger partial charge in [0.2, 0.25) is 0 Å². The van der Waals surface area contributed by atoms with Crippen LogP contribution in [0.25, 0.3) is 0 Å². The van der Waals surface area contributed by atoms with Gasteiger partial charge >= 0.3 is 0 Å². The number of benzene rings is 3. The topological polar surface area (TPSA) is 62.2 Å². The Bertz CT molecular complexity index is 1540. The van der Waals surface area contributed by atoms with Crippen molar-refractivity contribution in [2.45, 2.75) is 81.4 Å². The molecule has 6 heteroatoms. The lowest BCUT2D eigenvalue weighted by molar-refractivity contribution is -0.0850. The number of hydrogen-bond acceptors (Lipinski definition) is 6. The predicted octanol–water partition coefficient (Wildman–Crippen LogP) is 6.98. The average molecular weight is 621 g/mol. The van der Waals surface area contributed by atoms with Crippen LogP contribution in [-0.2, 0) is 18.3 Å². The number of aryl methyl sites for hydroxylation is 1. The van der Waals surface area contributed by atoms with Crippen molar-refractivity contribution < 1.29 is 19.4 Å². The molecule has 242 valence electrons. The van der Waals surface area contributed by atoms with Gasteiger partial charge in [0, 0.05) is 46.8 Å². The van der Waals surface area contributed by atoms with E-state index in [4.69, 9.17) is 9.47 Å². The van der Waals surface area contributed by atoms with Gasteiger partial charge in [-0.3, -0.25) is 14.6 Å². The summed E-state index contributed by atoms with van der Waals surface area (Å²) in [5.41, 5.74) is 4.18.